The van der Waals surface area contributed by atoms with Crippen molar-refractivity contribution in [1.29, 1.82) is 0 Å². The smallest absolute Gasteiger partial charge is 0.264 e. The van der Waals surface area contributed by atoms with E-state index in [0.717, 1.165) is 9.87 Å². The number of hydrogen-bond donors (Lipinski definition) is 1. The number of nitrogens with zero attached hydrogens (tertiary/aromatic N) is 2. The van der Waals surface area contributed by atoms with E-state index in [1.54, 1.807) is 54.6 Å². The first kappa shape index (κ1) is 32.0. The zero-order valence-electron chi connectivity index (χ0n) is 23.0. The van der Waals surface area contributed by atoms with Crippen LogP contribution < -0.4 is 23.9 Å². The van der Waals surface area contributed by atoms with Crippen LogP contribution in [0.1, 0.15) is 11.1 Å². The molecule has 0 bridgehead atoms. The standard InChI is InChI=1S/C30H26Cl3N3O6S/c1-40-24-8-10-25(11-9-24)43(38,39)36(23-5-3-4-22(31)16-23)18-30(37)35-34-17-20-7-13-28(29(15-20)41-2)42-19-21-6-12-26(32)27(33)14-21/h3-17H,18-19H2,1-2H3,(H,35,37)/b34-17-. The van der Waals surface area contributed by atoms with Crippen molar-refractivity contribution in [2.45, 2.75) is 11.5 Å². The second-order valence-electron chi connectivity index (χ2n) is 8.91. The molecule has 0 spiro atoms. The molecular formula is C30H26Cl3N3O6S. The molecule has 4 rings (SSSR count). The minimum absolute atomic E-state index is 0.0295. The maximum absolute atomic E-state index is 13.5. The molecule has 0 radical (unpaired) electrons. The van der Waals surface area contributed by atoms with E-state index >= 15 is 0 Å². The van der Waals surface area contributed by atoms with Gasteiger partial charge in [0.15, 0.2) is 11.5 Å². The maximum atomic E-state index is 13.5. The van der Waals surface area contributed by atoms with Gasteiger partial charge in [-0.25, -0.2) is 13.8 Å². The fourth-order valence-corrected chi connectivity index (χ4v) is 5.76. The van der Waals surface area contributed by atoms with Crippen LogP contribution in [0.15, 0.2) is 94.9 Å². The SMILES string of the molecule is COc1ccc(S(=O)(=O)N(CC(=O)N/N=C\c2ccc(OCc3ccc(Cl)c(Cl)c3)c(OC)c2)c2cccc(Cl)c2)cc1. The summed E-state index contributed by atoms with van der Waals surface area (Å²) in [5.74, 6) is 0.730. The number of carbonyl (C=O) groups is 1. The van der Waals surface area contributed by atoms with Crippen molar-refractivity contribution >= 4 is 62.6 Å². The second-order valence-corrected chi connectivity index (χ2v) is 12.0. The van der Waals surface area contributed by atoms with Crippen LogP contribution in [0, 0.1) is 0 Å². The van der Waals surface area contributed by atoms with Crippen molar-refractivity contribution in [3.05, 3.63) is 111 Å². The summed E-state index contributed by atoms with van der Waals surface area (Å²) in [6.45, 7) is -0.323. The molecule has 0 aliphatic heterocycles. The quantitative estimate of drug-likeness (QED) is 0.136. The highest BCUT2D eigenvalue weighted by Gasteiger charge is 2.27. The van der Waals surface area contributed by atoms with Gasteiger partial charge in [-0.15, -0.1) is 0 Å². The lowest BCUT2D eigenvalue weighted by molar-refractivity contribution is -0.119. The van der Waals surface area contributed by atoms with Crippen LogP contribution in [0.25, 0.3) is 0 Å². The Hall–Kier alpha value is -3.96. The number of halogens is 3. The number of benzene rings is 4. The fourth-order valence-electron chi connectivity index (χ4n) is 3.84. The van der Waals surface area contributed by atoms with E-state index in [2.05, 4.69) is 10.5 Å². The van der Waals surface area contributed by atoms with Gasteiger partial charge >= 0.3 is 0 Å². The lowest BCUT2D eigenvalue weighted by Crippen LogP contribution is -2.39. The zero-order valence-corrected chi connectivity index (χ0v) is 26.0. The summed E-state index contributed by atoms with van der Waals surface area (Å²) in [5, 5.41) is 5.18. The number of methoxy groups -OCH3 is 2. The highest BCUT2D eigenvalue weighted by Crippen LogP contribution is 2.30. The summed E-state index contributed by atoms with van der Waals surface area (Å²) < 4.78 is 44.4. The molecule has 0 aromatic heterocycles. The minimum atomic E-state index is -4.15. The highest BCUT2D eigenvalue weighted by molar-refractivity contribution is 7.92. The number of hydrazone groups is 1. The third-order valence-corrected chi connectivity index (χ3v) is 8.76. The maximum Gasteiger partial charge on any atom is 0.264 e. The van der Waals surface area contributed by atoms with Gasteiger partial charge in [0.05, 0.1) is 41.1 Å². The van der Waals surface area contributed by atoms with Crippen LogP contribution in [0.4, 0.5) is 5.69 Å². The zero-order chi connectivity index (χ0) is 31.0. The Balaban J connectivity index is 1.46. The highest BCUT2D eigenvalue weighted by atomic mass is 35.5. The molecule has 4 aromatic rings. The van der Waals surface area contributed by atoms with Gasteiger partial charge in [-0.2, -0.15) is 5.10 Å². The Kier molecular flexibility index (Phi) is 10.8. The molecule has 0 fully saturated rings. The molecule has 4 aromatic carbocycles. The predicted octanol–water partition coefficient (Wildman–Crippen LogP) is 6.59. The van der Waals surface area contributed by atoms with Gasteiger partial charge in [0, 0.05) is 5.02 Å². The Bertz CT molecular complexity index is 1730. The van der Waals surface area contributed by atoms with Crippen LogP contribution >= 0.6 is 34.8 Å². The summed E-state index contributed by atoms with van der Waals surface area (Å²) in [6.07, 6.45) is 1.39. The normalized spacial score (nSPS) is 11.3. The van der Waals surface area contributed by atoms with E-state index < -0.39 is 22.5 Å². The largest absolute Gasteiger partial charge is 0.497 e. The molecule has 13 heteroatoms. The number of hydrogen-bond acceptors (Lipinski definition) is 7. The summed E-state index contributed by atoms with van der Waals surface area (Å²) in [6, 6.07) is 22.3. The lowest BCUT2D eigenvalue weighted by atomic mass is 10.2. The van der Waals surface area contributed by atoms with Crippen molar-refractivity contribution in [2.75, 3.05) is 25.1 Å². The van der Waals surface area contributed by atoms with Crippen molar-refractivity contribution in [3.63, 3.8) is 0 Å². The molecule has 0 aliphatic rings. The first-order valence-electron chi connectivity index (χ1n) is 12.6. The Labute approximate surface area is 264 Å². The third kappa shape index (κ3) is 8.32. The Morgan fingerprint density at radius 1 is 0.884 bits per heavy atom. The molecule has 224 valence electrons. The van der Waals surface area contributed by atoms with E-state index in [4.69, 9.17) is 49.0 Å². The molecule has 1 N–H and O–H groups in total. The molecule has 0 saturated carbocycles. The predicted molar refractivity (Wildman–Crippen MR) is 169 cm³/mol. The number of amides is 1. The van der Waals surface area contributed by atoms with E-state index in [0.29, 0.717) is 37.9 Å². The van der Waals surface area contributed by atoms with E-state index in [-0.39, 0.29) is 17.2 Å². The Morgan fingerprint density at radius 2 is 1.65 bits per heavy atom. The van der Waals surface area contributed by atoms with Crippen molar-refractivity contribution < 1.29 is 27.4 Å². The number of rotatable bonds is 12. The van der Waals surface area contributed by atoms with Crippen LogP contribution in [0.5, 0.6) is 17.2 Å². The molecule has 0 heterocycles. The molecule has 0 unspecified atom stereocenters. The lowest BCUT2D eigenvalue weighted by Gasteiger charge is -2.24. The van der Waals surface area contributed by atoms with Gasteiger partial charge in [-0.3, -0.25) is 9.10 Å². The Morgan fingerprint density at radius 3 is 2.33 bits per heavy atom. The van der Waals surface area contributed by atoms with Gasteiger partial charge in [0.1, 0.15) is 18.9 Å². The molecule has 0 atom stereocenters. The first-order valence-corrected chi connectivity index (χ1v) is 15.2. The number of nitrogens with one attached hydrogen (secondary N) is 1. The monoisotopic (exact) mass is 661 g/mol. The van der Waals surface area contributed by atoms with Gasteiger partial charge in [0.2, 0.25) is 0 Å². The average Bonchev–Trinajstić information content (AvgIpc) is 3.00. The van der Waals surface area contributed by atoms with E-state index in [1.807, 2.05) is 0 Å². The first-order chi connectivity index (χ1) is 20.6. The van der Waals surface area contributed by atoms with Crippen LogP contribution in [-0.2, 0) is 21.4 Å². The number of sulfonamides is 1. The topological polar surface area (TPSA) is 107 Å². The summed E-state index contributed by atoms with van der Waals surface area (Å²) >= 11 is 18.2. The average molecular weight is 663 g/mol. The second kappa shape index (κ2) is 14.5. The molecule has 0 saturated heterocycles. The summed E-state index contributed by atoms with van der Waals surface area (Å²) in [4.78, 5) is 12.8. The summed E-state index contributed by atoms with van der Waals surface area (Å²) in [7, 11) is -1.18. The van der Waals surface area contributed by atoms with Gasteiger partial charge in [0.25, 0.3) is 15.9 Å². The molecule has 1 amide bonds. The minimum Gasteiger partial charge on any atom is -0.497 e. The van der Waals surface area contributed by atoms with Gasteiger partial charge < -0.3 is 14.2 Å². The summed E-state index contributed by atoms with van der Waals surface area (Å²) in [5.41, 5.74) is 4.00. The molecular weight excluding hydrogens is 637 g/mol. The molecule has 0 aliphatic carbocycles. The van der Waals surface area contributed by atoms with E-state index in [9.17, 15) is 13.2 Å². The number of carbonyl (C=O) groups excluding carboxylic acids is 1. The fraction of sp³-hybridized carbons (Fsp3) is 0.133. The van der Waals surface area contributed by atoms with Crippen LogP contribution in [-0.4, -0.2) is 41.3 Å². The molecule has 43 heavy (non-hydrogen) atoms. The van der Waals surface area contributed by atoms with Gasteiger partial charge in [-0.1, -0.05) is 46.9 Å². The number of ether oxygens (including phenoxy) is 3. The third-order valence-electron chi connectivity index (χ3n) is 6.00. The van der Waals surface area contributed by atoms with Crippen molar-refractivity contribution in [3.8, 4) is 17.2 Å². The van der Waals surface area contributed by atoms with E-state index in [1.165, 1.54) is 50.8 Å². The number of anilines is 1. The van der Waals surface area contributed by atoms with Crippen LogP contribution in [0.3, 0.4) is 0 Å². The van der Waals surface area contributed by atoms with Gasteiger partial charge in [-0.05, 0) is 83.9 Å². The molecule has 9 nitrogen and oxygen atoms in total. The van der Waals surface area contributed by atoms with Crippen molar-refractivity contribution in [2.24, 2.45) is 5.10 Å². The van der Waals surface area contributed by atoms with Crippen LogP contribution in [0.2, 0.25) is 15.1 Å². The van der Waals surface area contributed by atoms with Crippen molar-refractivity contribution in [1.82, 2.24) is 5.43 Å².